The van der Waals surface area contributed by atoms with Gasteiger partial charge in [-0.25, -0.2) is 8.42 Å². The number of piperidine rings is 1. The fourth-order valence-electron chi connectivity index (χ4n) is 5.16. The van der Waals surface area contributed by atoms with Gasteiger partial charge in [0.05, 0.1) is 10.4 Å². The number of aryl methyl sites for hydroxylation is 1. The standard InChI is InChI=1S/C28H35N3O4S/c1-19(2)31(17-22-9-7-6-8-10-22)28(33)25-18-29(5)26-12-11-23(14-24(26)27(25)32)36(34,35)30-15-20(3)13-21(4)16-30/h6-12,14,18-21H,13,15-17H2,1-5H3/t20-,21+. The maximum Gasteiger partial charge on any atom is 0.259 e. The number of aromatic nitrogens is 1. The van der Waals surface area contributed by atoms with Gasteiger partial charge < -0.3 is 9.47 Å². The molecule has 1 aliphatic rings. The number of rotatable bonds is 6. The Morgan fingerprint density at radius 1 is 1.06 bits per heavy atom. The molecule has 192 valence electrons. The van der Waals surface area contributed by atoms with Gasteiger partial charge in [-0.15, -0.1) is 0 Å². The van der Waals surface area contributed by atoms with Crippen molar-refractivity contribution in [2.45, 2.75) is 51.6 Å². The third-order valence-electron chi connectivity index (χ3n) is 6.94. The molecule has 0 bridgehead atoms. The van der Waals surface area contributed by atoms with Crippen LogP contribution in [0.2, 0.25) is 0 Å². The number of hydrogen-bond donors (Lipinski definition) is 0. The van der Waals surface area contributed by atoms with E-state index < -0.39 is 15.5 Å². The minimum atomic E-state index is -3.76. The largest absolute Gasteiger partial charge is 0.350 e. The van der Waals surface area contributed by atoms with Crippen molar-refractivity contribution in [3.63, 3.8) is 0 Å². The van der Waals surface area contributed by atoms with Crippen LogP contribution in [-0.4, -0.2) is 47.2 Å². The Morgan fingerprint density at radius 2 is 1.69 bits per heavy atom. The Bertz CT molecular complexity index is 1420. The van der Waals surface area contributed by atoms with Gasteiger partial charge in [-0.2, -0.15) is 4.31 Å². The number of carbonyl (C=O) groups excluding carboxylic acids is 1. The average Bonchev–Trinajstić information content (AvgIpc) is 2.84. The topological polar surface area (TPSA) is 79.7 Å². The molecule has 1 aromatic heterocycles. The highest BCUT2D eigenvalue weighted by atomic mass is 32.2. The van der Waals surface area contributed by atoms with Gasteiger partial charge in [0.15, 0.2) is 0 Å². The molecule has 0 saturated carbocycles. The van der Waals surface area contributed by atoms with Crippen LogP contribution in [0.15, 0.2) is 64.4 Å². The molecule has 1 saturated heterocycles. The van der Waals surface area contributed by atoms with E-state index >= 15 is 0 Å². The Kier molecular flexibility index (Phi) is 7.38. The molecule has 8 heteroatoms. The van der Waals surface area contributed by atoms with E-state index in [4.69, 9.17) is 0 Å². The van der Waals surface area contributed by atoms with E-state index in [1.165, 1.54) is 10.4 Å². The zero-order valence-electron chi connectivity index (χ0n) is 21.6. The van der Waals surface area contributed by atoms with Crippen molar-refractivity contribution in [1.82, 2.24) is 13.8 Å². The average molecular weight is 510 g/mol. The van der Waals surface area contributed by atoms with Crippen LogP contribution in [0.25, 0.3) is 10.9 Å². The second-order valence-electron chi connectivity index (χ2n) is 10.4. The molecule has 0 spiro atoms. The van der Waals surface area contributed by atoms with E-state index in [0.29, 0.717) is 25.2 Å². The van der Waals surface area contributed by atoms with Gasteiger partial charge in [-0.1, -0.05) is 44.2 Å². The van der Waals surface area contributed by atoms with Crippen LogP contribution in [0, 0.1) is 11.8 Å². The second kappa shape index (κ2) is 10.2. The lowest BCUT2D eigenvalue weighted by atomic mass is 9.94. The van der Waals surface area contributed by atoms with Crippen molar-refractivity contribution < 1.29 is 13.2 Å². The summed E-state index contributed by atoms with van der Waals surface area (Å²) in [5.74, 6) is 0.170. The summed E-state index contributed by atoms with van der Waals surface area (Å²) < 4.78 is 30.2. The molecule has 0 radical (unpaired) electrons. The highest BCUT2D eigenvalue weighted by Gasteiger charge is 2.32. The maximum absolute atomic E-state index is 13.6. The van der Waals surface area contributed by atoms with Crippen LogP contribution < -0.4 is 5.43 Å². The molecule has 2 heterocycles. The third-order valence-corrected chi connectivity index (χ3v) is 8.77. The number of pyridine rings is 1. The molecule has 0 aliphatic carbocycles. The Labute approximate surface area is 213 Å². The molecule has 7 nitrogen and oxygen atoms in total. The number of benzene rings is 2. The Balaban J connectivity index is 1.76. The summed E-state index contributed by atoms with van der Waals surface area (Å²) in [5.41, 5.74) is 1.12. The molecule has 1 amide bonds. The van der Waals surface area contributed by atoms with Crippen molar-refractivity contribution in [2.75, 3.05) is 13.1 Å². The number of amides is 1. The molecule has 2 atom stereocenters. The Hall–Kier alpha value is -2.97. The fraction of sp³-hybridized carbons (Fsp3) is 0.429. The van der Waals surface area contributed by atoms with E-state index in [2.05, 4.69) is 13.8 Å². The van der Waals surface area contributed by atoms with Crippen molar-refractivity contribution in [3.05, 3.63) is 76.1 Å². The van der Waals surface area contributed by atoms with Crippen LogP contribution in [-0.2, 0) is 23.6 Å². The molecule has 3 aromatic rings. The quantitative estimate of drug-likeness (QED) is 0.498. The summed E-state index contributed by atoms with van der Waals surface area (Å²) >= 11 is 0. The fourth-order valence-corrected chi connectivity index (χ4v) is 6.87. The first kappa shape index (κ1) is 26.1. The van der Waals surface area contributed by atoms with Crippen molar-refractivity contribution >= 4 is 26.8 Å². The molecule has 2 aromatic carbocycles. The molecule has 1 fully saturated rings. The highest BCUT2D eigenvalue weighted by Crippen LogP contribution is 2.28. The third kappa shape index (κ3) is 5.11. The SMILES string of the molecule is CC(C)N(Cc1ccccc1)C(=O)c1cn(C)c2ccc(S(=O)(=O)N3C[C@H](C)C[C@H](C)C3)cc2c1=O. The molecule has 0 unspecified atom stereocenters. The number of sulfonamides is 1. The highest BCUT2D eigenvalue weighted by molar-refractivity contribution is 7.89. The zero-order valence-corrected chi connectivity index (χ0v) is 22.5. The number of nitrogens with zero attached hydrogens (tertiary/aromatic N) is 3. The normalized spacial score (nSPS) is 19.1. The minimum Gasteiger partial charge on any atom is -0.350 e. The van der Waals surface area contributed by atoms with Crippen LogP contribution in [0.5, 0.6) is 0 Å². The molecule has 1 aliphatic heterocycles. The van der Waals surface area contributed by atoms with E-state index in [9.17, 15) is 18.0 Å². The van der Waals surface area contributed by atoms with Gasteiger partial charge in [-0.05, 0) is 55.9 Å². The lowest BCUT2D eigenvalue weighted by Gasteiger charge is -2.34. The first-order chi connectivity index (χ1) is 17.0. The summed E-state index contributed by atoms with van der Waals surface area (Å²) in [7, 11) is -2.00. The van der Waals surface area contributed by atoms with E-state index in [0.717, 1.165) is 12.0 Å². The summed E-state index contributed by atoms with van der Waals surface area (Å²) in [6.07, 6.45) is 2.54. The van der Waals surface area contributed by atoms with Crippen molar-refractivity contribution in [2.24, 2.45) is 18.9 Å². The van der Waals surface area contributed by atoms with E-state index in [-0.39, 0.29) is 39.6 Å². The second-order valence-corrected chi connectivity index (χ2v) is 12.4. The maximum atomic E-state index is 13.6. The smallest absolute Gasteiger partial charge is 0.259 e. The lowest BCUT2D eigenvalue weighted by Crippen LogP contribution is -2.42. The molecule has 36 heavy (non-hydrogen) atoms. The first-order valence-corrected chi connectivity index (χ1v) is 13.9. The first-order valence-electron chi connectivity index (χ1n) is 12.5. The molecular weight excluding hydrogens is 474 g/mol. The van der Waals surface area contributed by atoms with Gasteiger partial charge >= 0.3 is 0 Å². The van der Waals surface area contributed by atoms with E-state index in [1.54, 1.807) is 34.8 Å². The number of hydrogen-bond acceptors (Lipinski definition) is 4. The van der Waals surface area contributed by atoms with E-state index in [1.807, 2.05) is 44.2 Å². The van der Waals surface area contributed by atoms with Gasteiger partial charge in [0.25, 0.3) is 5.91 Å². The summed E-state index contributed by atoms with van der Waals surface area (Å²) in [6.45, 7) is 9.24. The zero-order chi connectivity index (χ0) is 26.2. The summed E-state index contributed by atoms with van der Waals surface area (Å²) in [6, 6.07) is 14.1. The monoisotopic (exact) mass is 509 g/mol. The van der Waals surface area contributed by atoms with Crippen molar-refractivity contribution in [3.8, 4) is 0 Å². The predicted octanol–water partition coefficient (Wildman–Crippen LogP) is 4.26. The molecular formula is C28H35N3O4S. The van der Waals surface area contributed by atoms with Crippen LogP contribution >= 0.6 is 0 Å². The lowest BCUT2D eigenvalue weighted by molar-refractivity contribution is 0.0688. The van der Waals surface area contributed by atoms with Crippen molar-refractivity contribution in [1.29, 1.82) is 0 Å². The number of carbonyl (C=O) groups is 1. The van der Waals surface area contributed by atoms with Gasteiger partial charge in [0, 0.05) is 44.3 Å². The molecule has 0 N–H and O–H groups in total. The number of fused-ring (bicyclic) bond motifs is 1. The van der Waals surface area contributed by atoms with Crippen LogP contribution in [0.3, 0.4) is 0 Å². The predicted molar refractivity (Wildman–Crippen MR) is 142 cm³/mol. The summed E-state index contributed by atoms with van der Waals surface area (Å²) in [5, 5.41) is 0.228. The van der Waals surface area contributed by atoms with Gasteiger partial charge in [0.2, 0.25) is 15.5 Å². The molecule has 4 rings (SSSR count). The van der Waals surface area contributed by atoms with Gasteiger partial charge in [-0.3, -0.25) is 9.59 Å². The van der Waals surface area contributed by atoms with Gasteiger partial charge in [0.1, 0.15) is 5.56 Å². The van der Waals surface area contributed by atoms with Crippen LogP contribution in [0.1, 0.15) is 50.0 Å². The Morgan fingerprint density at radius 3 is 2.31 bits per heavy atom. The van der Waals surface area contributed by atoms with Crippen LogP contribution in [0.4, 0.5) is 0 Å². The summed E-state index contributed by atoms with van der Waals surface area (Å²) in [4.78, 5) is 28.9. The minimum absolute atomic E-state index is 0.0318.